The van der Waals surface area contributed by atoms with E-state index in [2.05, 4.69) is 47.9 Å². The molecule has 2 fully saturated rings. The molecule has 0 amide bonds. The zero-order valence-electron chi connectivity index (χ0n) is 15.3. The summed E-state index contributed by atoms with van der Waals surface area (Å²) < 4.78 is 5.77. The minimum absolute atomic E-state index is 0.424. The van der Waals surface area contributed by atoms with E-state index in [1.54, 1.807) is 0 Å². The smallest absolute Gasteiger partial charge is 0.107 e. The Kier molecular flexibility index (Phi) is 5.14. The Labute approximate surface area is 141 Å². The number of hydrogen-bond donors (Lipinski definition) is 0. The molecule has 0 bridgehead atoms. The van der Waals surface area contributed by atoms with E-state index in [1.165, 1.54) is 58.5 Å². The van der Waals surface area contributed by atoms with E-state index in [1.807, 2.05) is 6.92 Å². The van der Waals surface area contributed by atoms with Gasteiger partial charge in [0.1, 0.15) is 11.5 Å². The molecule has 2 aliphatic rings. The highest BCUT2D eigenvalue weighted by molar-refractivity contribution is 5.09. The van der Waals surface area contributed by atoms with Crippen LogP contribution in [0.1, 0.15) is 43.6 Å². The first-order valence-corrected chi connectivity index (χ1v) is 9.17. The highest BCUT2D eigenvalue weighted by atomic mass is 16.3. The van der Waals surface area contributed by atoms with E-state index in [0.29, 0.717) is 11.5 Å². The number of likely N-dealkylation sites (N-methyl/N-ethyl adjacent to an activating group) is 2. The number of aryl methyl sites for hydroxylation is 1. The van der Waals surface area contributed by atoms with Crippen molar-refractivity contribution >= 4 is 0 Å². The molecule has 0 radical (unpaired) electrons. The first kappa shape index (κ1) is 17.0. The van der Waals surface area contributed by atoms with Crippen LogP contribution in [0.4, 0.5) is 0 Å². The fraction of sp³-hybridized carbons (Fsp3) is 0.789. The lowest BCUT2D eigenvalue weighted by molar-refractivity contribution is -0.0194. The number of hydrogen-bond acceptors (Lipinski definition) is 4. The van der Waals surface area contributed by atoms with Crippen molar-refractivity contribution in [2.75, 3.05) is 53.4 Å². The SMILES string of the molecule is Cc1ccc([C@H](C)CCN2CCC3(CC2)CN(C)CCN3C)o1. The molecule has 4 nitrogen and oxygen atoms in total. The van der Waals surface area contributed by atoms with Gasteiger partial charge in [-0.3, -0.25) is 4.90 Å². The molecule has 0 aliphatic carbocycles. The summed E-state index contributed by atoms with van der Waals surface area (Å²) in [5.41, 5.74) is 0.424. The van der Waals surface area contributed by atoms with Gasteiger partial charge in [0.2, 0.25) is 0 Å². The maximum absolute atomic E-state index is 5.77. The zero-order valence-corrected chi connectivity index (χ0v) is 15.3. The molecule has 0 unspecified atom stereocenters. The lowest BCUT2D eigenvalue weighted by Gasteiger charge is -2.52. The van der Waals surface area contributed by atoms with Crippen LogP contribution < -0.4 is 0 Å². The Hall–Kier alpha value is -0.840. The van der Waals surface area contributed by atoms with Crippen molar-refractivity contribution in [3.63, 3.8) is 0 Å². The van der Waals surface area contributed by atoms with Crippen LogP contribution in [0.15, 0.2) is 16.5 Å². The second-order valence-corrected chi connectivity index (χ2v) is 7.86. The van der Waals surface area contributed by atoms with Gasteiger partial charge in [-0.1, -0.05) is 6.92 Å². The van der Waals surface area contributed by atoms with Crippen molar-refractivity contribution in [2.24, 2.45) is 0 Å². The maximum Gasteiger partial charge on any atom is 0.107 e. The molecule has 2 saturated heterocycles. The lowest BCUT2D eigenvalue weighted by atomic mass is 9.83. The topological polar surface area (TPSA) is 22.9 Å². The van der Waals surface area contributed by atoms with Crippen LogP contribution in [0, 0.1) is 6.92 Å². The Morgan fingerprint density at radius 3 is 2.52 bits per heavy atom. The number of piperidine rings is 1. The molecule has 130 valence electrons. The number of piperazine rings is 1. The fourth-order valence-corrected chi connectivity index (χ4v) is 4.23. The number of furan rings is 1. The van der Waals surface area contributed by atoms with Crippen LogP contribution in [0.5, 0.6) is 0 Å². The van der Waals surface area contributed by atoms with Crippen LogP contribution in [-0.4, -0.2) is 73.6 Å². The van der Waals surface area contributed by atoms with Crippen molar-refractivity contribution in [2.45, 2.75) is 44.6 Å². The molecule has 0 saturated carbocycles. The van der Waals surface area contributed by atoms with Crippen LogP contribution in [0.3, 0.4) is 0 Å². The minimum atomic E-state index is 0.424. The van der Waals surface area contributed by atoms with Crippen LogP contribution in [-0.2, 0) is 0 Å². The predicted molar refractivity (Wildman–Crippen MR) is 95.0 cm³/mol. The summed E-state index contributed by atoms with van der Waals surface area (Å²) in [4.78, 5) is 7.79. The third-order valence-electron chi connectivity index (χ3n) is 6.10. The first-order valence-electron chi connectivity index (χ1n) is 9.17. The molecule has 0 aromatic carbocycles. The van der Waals surface area contributed by atoms with Gasteiger partial charge in [0.25, 0.3) is 0 Å². The number of rotatable bonds is 4. The first-order chi connectivity index (χ1) is 11.0. The summed E-state index contributed by atoms with van der Waals surface area (Å²) in [6.45, 7) is 11.6. The Bertz CT molecular complexity index is 504. The average molecular weight is 319 g/mol. The molecule has 0 N–H and O–H groups in total. The van der Waals surface area contributed by atoms with Crippen molar-refractivity contribution in [1.29, 1.82) is 0 Å². The van der Waals surface area contributed by atoms with Gasteiger partial charge in [-0.05, 0) is 72.0 Å². The summed E-state index contributed by atoms with van der Waals surface area (Å²) in [6, 6.07) is 4.21. The Morgan fingerprint density at radius 1 is 1.13 bits per heavy atom. The Morgan fingerprint density at radius 2 is 1.87 bits per heavy atom. The molecule has 1 aromatic rings. The van der Waals surface area contributed by atoms with Crippen molar-refractivity contribution in [3.8, 4) is 0 Å². The van der Waals surface area contributed by atoms with Crippen LogP contribution in [0.25, 0.3) is 0 Å². The van der Waals surface area contributed by atoms with Gasteiger partial charge in [0.15, 0.2) is 0 Å². The van der Waals surface area contributed by atoms with Gasteiger partial charge >= 0.3 is 0 Å². The predicted octanol–water partition coefficient (Wildman–Crippen LogP) is 2.79. The van der Waals surface area contributed by atoms with E-state index >= 15 is 0 Å². The van der Waals surface area contributed by atoms with Gasteiger partial charge in [0, 0.05) is 31.1 Å². The average Bonchev–Trinajstić information content (AvgIpc) is 2.97. The van der Waals surface area contributed by atoms with E-state index < -0.39 is 0 Å². The molecule has 3 rings (SSSR count). The molecular weight excluding hydrogens is 286 g/mol. The monoisotopic (exact) mass is 319 g/mol. The number of nitrogens with zero attached hydrogens (tertiary/aromatic N) is 3. The third kappa shape index (κ3) is 3.81. The van der Waals surface area contributed by atoms with E-state index in [-0.39, 0.29) is 0 Å². The number of likely N-dealkylation sites (tertiary alicyclic amines) is 1. The second kappa shape index (κ2) is 6.96. The third-order valence-corrected chi connectivity index (χ3v) is 6.10. The molecule has 1 spiro atoms. The van der Waals surface area contributed by atoms with Gasteiger partial charge in [-0.15, -0.1) is 0 Å². The fourth-order valence-electron chi connectivity index (χ4n) is 4.23. The summed E-state index contributed by atoms with van der Waals surface area (Å²) in [7, 11) is 4.60. The quantitative estimate of drug-likeness (QED) is 0.851. The molecule has 23 heavy (non-hydrogen) atoms. The van der Waals surface area contributed by atoms with Crippen molar-refractivity contribution in [1.82, 2.24) is 14.7 Å². The summed E-state index contributed by atoms with van der Waals surface area (Å²) in [6.07, 6.45) is 3.81. The Balaban J connectivity index is 1.47. The van der Waals surface area contributed by atoms with Crippen molar-refractivity contribution in [3.05, 3.63) is 23.7 Å². The van der Waals surface area contributed by atoms with Crippen LogP contribution in [0.2, 0.25) is 0 Å². The standard InChI is InChI=1S/C19H33N3O/c1-16(18-6-5-17(2)23-18)7-10-22-11-8-19(9-12-22)15-20(3)13-14-21(19)4/h5-6,16H,7-15H2,1-4H3/t16-/m1/s1. The lowest BCUT2D eigenvalue weighted by Crippen LogP contribution is -2.63. The largest absolute Gasteiger partial charge is 0.466 e. The normalized spacial score (nSPS) is 25.0. The molecule has 2 aliphatic heterocycles. The highest BCUT2D eigenvalue weighted by Crippen LogP contribution is 2.31. The molecule has 1 atom stereocenters. The van der Waals surface area contributed by atoms with E-state index in [0.717, 1.165) is 11.5 Å². The summed E-state index contributed by atoms with van der Waals surface area (Å²) in [5.74, 6) is 2.68. The molecule has 3 heterocycles. The highest BCUT2D eigenvalue weighted by Gasteiger charge is 2.41. The zero-order chi connectivity index (χ0) is 16.4. The maximum atomic E-state index is 5.77. The van der Waals surface area contributed by atoms with E-state index in [9.17, 15) is 0 Å². The summed E-state index contributed by atoms with van der Waals surface area (Å²) in [5, 5.41) is 0. The minimum Gasteiger partial charge on any atom is -0.466 e. The van der Waals surface area contributed by atoms with Gasteiger partial charge in [-0.2, -0.15) is 0 Å². The van der Waals surface area contributed by atoms with Gasteiger partial charge < -0.3 is 14.2 Å². The van der Waals surface area contributed by atoms with Gasteiger partial charge in [-0.25, -0.2) is 0 Å². The molecular formula is C19H33N3O. The van der Waals surface area contributed by atoms with Gasteiger partial charge in [0.05, 0.1) is 0 Å². The van der Waals surface area contributed by atoms with Crippen LogP contribution >= 0.6 is 0 Å². The second-order valence-electron chi connectivity index (χ2n) is 7.86. The summed E-state index contributed by atoms with van der Waals surface area (Å²) >= 11 is 0. The molecule has 4 heteroatoms. The van der Waals surface area contributed by atoms with Crippen molar-refractivity contribution < 1.29 is 4.42 Å². The van der Waals surface area contributed by atoms with E-state index in [4.69, 9.17) is 4.42 Å². The molecule has 1 aromatic heterocycles.